The average Bonchev–Trinajstić information content (AvgIpc) is 2.54. The van der Waals surface area contributed by atoms with E-state index in [9.17, 15) is 5.11 Å². The number of azo groups is 1. The maximum Gasteiger partial charge on any atom is 0.218 e. The van der Waals surface area contributed by atoms with Crippen LogP contribution in [-0.2, 0) is 0 Å². The molecule has 2 rings (SSSR count). The molecule has 24 heavy (non-hydrogen) atoms. The Hall–Kier alpha value is -2.27. The van der Waals surface area contributed by atoms with Crippen LogP contribution in [-0.4, -0.2) is 10.2 Å². The van der Waals surface area contributed by atoms with Crippen molar-refractivity contribution in [3.63, 3.8) is 0 Å². The summed E-state index contributed by atoms with van der Waals surface area (Å²) in [6.07, 6.45) is 0. The van der Waals surface area contributed by atoms with Crippen molar-refractivity contribution in [2.24, 2.45) is 10.2 Å². The zero-order chi connectivity index (χ0) is 17.7. The number of phenols is 1. The van der Waals surface area contributed by atoms with Crippen LogP contribution in [0.25, 0.3) is 0 Å². The van der Waals surface area contributed by atoms with Gasteiger partial charge in [-0.25, -0.2) is 0 Å². The molecule has 0 atom stereocenters. The third-order valence-corrected chi connectivity index (χ3v) is 3.86. The molecule has 2 aromatic rings. The van der Waals surface area contributed by atoms with E-state index in [1.807, 2.05) is 70.2 Å². The minimum atomic E-state index is 0.201. The second-order valence-corrected chi connectivity index (χ2v) is 6.67. The molecule has 0 aliphatic carbocycles. The number of aromatic hydroxyl groups is 1. The molecule has 0 radical (unpaired) electrons. The Labute approximate surface area is 148 Å². The van der Waals surface area contributed by atoms with Crippen molar-refractivity contribution in [3.8, 4) is 5.75 Å². The van der Waals surface area contributed by atoms with Gasteiger partial charge in [0.05, 0.1) is 5.69 Å². The predicted octanol–water partition coefficient (Wildman–Crippen LogP) is 6.12. The normalized spacial score (nSPS) is 11.4. The van der Waals surface area contributed by atoms with E-state index < -0.39 is 0 Å². The summed E-state index contributed by atoms with van der Waals surface area (Å²) in [5.41, 5.74) is 3.31. The Kier molecular flexibility index (Phi) is 6.04. The first kappa shape index (κ1) is 18.1. The molecule has 0 amide bonds. The van der Waals surface area contributed by atoms with Crippen LogP contribution in [0, 0.1) is 0 Å². The molecule has 0 heterocycles. The molecule has 0 spiro atoms. The number of nitrogens with one attached hydrogen (secondary N) is 1. The van der Waals surface area contributed by atoms with E-state index in [1.54, 1.807) is 0 Å². The van der Waals surface area contributed by atoms with Gasteiger partial charge in [0.25, 0.3) is 0 Å². The smallest absolute Gasteiger partial charge is 0.218 e. The van der Waals surface area contributed by atoms with E-state index in [0.29, 0.717) is 16.5 Å². The molecule has 0 aliphatic heterocycles. The van der Waals surface area contributed by atoms with Crippen molar-refractivity contribution >= 4 is 28.7 Å². The molecule has 0 fully saturated rings. The van der Waals surface area contributed by atoms with Crippen molar-refractivity contribution < 1.29 is 5.11 Å². The largest absolute Gasteiger partial charge is 0.507 e. The van der Waals surface area contributed by atoms with E-state index in [0.717, 1.165) is 16.8 Å². The van der Waals surface area contributed by atoms with Crippen LogP contribution in [0.1, 0.15) is 50.7 Å². The summed E-state index contributed by atoms with van der Waals surface area (Å²) in [6.45, 7) is 8.17. The number of phenolic OH excluding ortho intramolecular Hbond substituents is 1. The number of rotatable bonds is 4. The van der Waals surface area contributed by atoms with E-state index in [2.05, 4.69) is 15.5 Å². The lowest BCUT2D eigenvalue weighted by Gasteiger charge is -2.15. The Morgan fingerprint density at radius 3 is 2.04 bits per heavy atom. The highest BCUT2D eigenvalue weighted by Crippen LogP contribution is 2.37. The zero-order valence-electron chi connectivity index (χ0n) is 14.4. The summed E-state index contributed by atoms with van der Waals surface area (Å²) in [6, 6.07) is 13.3. The van der Waals surface area contributed by atoms with E-state index in [4.69, 9.17) is 12.2 Å². The van der Waals surface area contributed by atoms with Crippen LogP contribution in [0.3, 0.4) is 0 Å². The van der Waals surface area contributed by atoms with E-state index in [1.165, 1.54) is 0 Å². The third-order valence-electron chi connectivity index (χ3n) is 3.68. The van der Waals surface area contributed by atoms with Gasteiger partial charge >= 0.3 is 0 Å². The number of anilines is 1. The molecule has 4 nitrogen and oxygen atoms in total. The Balaban J connectivity index is 2.23. The summed E-state index contributed by atoms with van der Waals surface area (Å²) in [4.78, 5) is 0. The SMILES string of the molecule is CC(C)c1cc(N=NC(=S)Nc2ccccc2)cc(C(C)C)c1O. The van der Waals surface area contributed by atoms with E-state index in [-0.39, 0.29) is 11.8 Å². The van der Waals surface area contributed by atoms with Gasteiger partial charge in [-0.05, 0) is 59.4 Å². The number of hydrogen-bond donors (Lipinski definition) is 2. The van der Waals surface area contributed by atoms with Crippen LogP contribution in [0.15, 0.2) is 52.7 Å². The molecule has 2 N–H and O–H groups in total. The summed E-state index contributed by atoms with van der Waals surface area (Å²) in [5.74, 6) is 0.753. The quantitative estimate of drug-likeness (QED) is 0.520. The standard InChI is InChI=1S/C19H23N3OS/c1-12(2)16-10-15(11-17(13(3)4)18(16)23)21-22-19(24)20-14-8-6-5-7-9-14/h5-13,23H,1-4H3,(H,20,24). The summed E-state index contributed by atoms with van der Waals surface area (Å²) in [5, 5.41) is 22.1. The van der Waals surface area contributed by atoms with Gasteiger partial charge in [-0.3, -0.25) is 0 Å². The summed E-state index contributed by atoms with van der Waals surface area (Å²) < 4.78 is 0. The predicted molar refractivity (Wildman–Crippen MR) is 103 cm³/mol. The minimum absolute atomic E-state index is 0.201. The summed E-state index contributed by atoms with van der Waals surface area (Å²) >= 11 is 5.21. The lowest BCUT2D eigenvalue weighted by Crippen LogP contribution is -2.04. The van der Waals surface area contributed by atoms with Gasteiger partial charge in [-0.2, -0.15) is 0 Å². The molecule has 126 valence electrons. The molecular weight excluding hydrogens is 318 g/mol. The van der Waals surface area contributed by atoms with Crippen molar-refractivity contribution in [1.29, 1.82) is 0 Å². The molecule has 0 saturated heterocycles. The monoisotopic (exact) mass is 341 g/mol. The van der Waals surface area contributed by atoms with Gasteiger partial charge in [0.15, 0.2) is 0 Å². The fraction of sp³-hybridized carbons (Fsp3) is 0.316. The maximum absolute atomic E-state index is 10.4. The maximum atomic E-state index is 10.4. The number of nitrogens with zero attached hydrogens (tertiary/aromatic N) is 2. The molecule has 0 unspecified atom stereocenters. The minimum Gasteiger partial charge on any atom is -0.507 e. The van der Waals surface area contributed by atoms with Gasteiger partial charge < -0.3 is 10.4 Å². The second-order valence-electron chi connectivity index (χ2n) is 6.28. The number of hydrogen-bond acceptors (Lipinski definition) is 3. The molecular formula is C19H23N3OS. The lowest BCUT2D eigenvalue weighted by atomic mass is 9.93. The fourth-order valence-corrected chi connectivity index (χ4v) is 2.53. The van der Waals surface area contributed by atoms with Crippen molar-refractivity contribution in [1.82, 2.24) is 0 Å². The van der Waals surface area contributed by atoms with Gasteiger partial charge in [0, 0.05) is 5.69 Å². The highest BCUT2D eigenvalue weighted by Gasteiger charge is 2.15. The molecule has 0 aromatic heterocycles. The van der Waals surface area contributed by atoms with E-state index >= 15 is 0 Å². The van der Waals surface area contributed by atoms with Gasteiger partial charge in [-0.1, -0.05) is 45.9 Å². The first-order chi connectivity index (χ1) is 11.4. The molecule has 2 aromatic carbocycles. The molecule has 0 saturated carbocycles. The Morgan fingerprint density at radius 2 is 1.54 bits per heavy atom. The molecule has 0 bridgehead atoms. The first-order valence-corrected chi connectivity index (χ1v) is 8.44. The van der Waals surface area contributed by atoms with Crippen molar-refractivity contribution in [2.45, 2.75) is 39.5 Å². The number of benzene rings is 2. The van der Waals surface area contributed by atoms with Crippen LogP contribution in [0.5, 0.6) is 5.75 Å². The highest BCUT2D eigenvalue weighted by molar-refractivity contribution is 7.80. The lowest BCUT2D eigenvalue weighted by molar-refractivity contribution is 0.454. The molecule has 5 heteroatoms. The van der Waals surface area contributed by atoms with Crippen LogP contribution in [0.2, 0.25) is 0 Å². The topological polar surface area (TPSA) is 57.0 Å². The molecule has 0 aliphatic rings. The third kappa shape index (κ3) is 4.61. The van der Waals surface area contributed by atoms with Crippen LogP contribution >= 0.6 is 12.2 Å². The summed E-state index contributed by atoms with van der Waals surface area (Å²) in [7, 11) is 0. The fourth-order valence-electron chi connectivity index (χ4n) is 2.37. The van der Waals surface area contributed by atoms with Crippen LogP contribution in [0.4, 0.5) is 11.4 Å². The van der Waals surface area contributed by atoms with Crippen LogP contribution < -0.4 is 5.32 Å². The highest BCUT2D eigenvalue weighted by atomic mass is 32.1. The van der Waals surface area contributed by atoms with Gasteiger partial charge in [-0.15, -0.1) is 10.2 Å². The number of para-hydroxylation sites is 1. The zero-order valence-corrected chi connectivity index (χ0v) is 15.3. The first-order valence-electron chi connectivity index (χ1n) is 8.03. The van der Waals surface area contributed by atoms with Gasteiger partial charge in [0.2, 0.25) is 5.11 Å². The average molecular weight is 341 g/mol. The van der Waals surface area contributed by atoms with Gasteiger partial charge in [0.1, 0.15) is 5.75 Å². The Bertz CT molecular complexity index is 711. The second kappa shape index (κ2) is 8.02. The number of thiocarbonyl (C=S) groups is 1. The Morgan fingerprint density at radius 1 is 1.00 bits per heavy atom. The van der Waals surface area contributed by atoms with Crippen molar-refractivity contribution in [2.75, 3.05) is 5.32 Å². The van der Waals surface area contributed by atoms with Crippen molar-refractivity contribution in [3.05, 3.63) is 53.6 Å².